The molecule has 2 aliphatic rings. The molecule has 1 aromatic carbocycles. The summed E-state index contributed by atoms with van der Waals surface area (Å²) in [5.41, 5.74) is 0.508. The number of hydrogen-bond donors (Lipinski definition) is 1. The third-order valence-electron chi connectivity index (χ3n) is 4.59. The number of nitrogens with zero attached hydrogens (tertiary/aromatic N) is 3. The van der Waals surface area contributed by atoms with Gasteiger partial charge in [-0.3, -0.25) is 9.89 Å². The van der Waals surface area contributed by atoms with Crippen LogP contribution < -0.4 is 9.47 Å². The molecule has 2 aliphatic heterocycles. The molecule has 1 fully saturated rings. The number of likely N-dealkylation sites (N-methyl/N-ethyl adjacent to an activating group) is 1. The van der Waals surface area contributed by atoms with Gasteiger partial charge in [0.05, 0.1) is 11.7 Å². The van der Waals surface area contributed by atoms with Gasteiger partial charge in [-0.05, 0) is 18.6 Å². The fourth-order valence-electron chi connectivity index (χ4n) is 3.34. The predicted molar refractivity (Wildman–Crippen MR) is 87.9 cm³/mol. The number of carbonyl (C=O) groups is 1. The molecule has 1 aromatic heterocycles. The van der Waals surface area contributed by atoms with Gasteiger partial charge in [0.1, 0.15) is 25.4 Å². The molecule has 0 spiro atoms. The number of fused-ring (bicyclic) bond motifs is 1. The Hall–Kier alpha value is -2.61. The van der Waals surface area contributed by atoms with Gasteiger partial charge < -0.3 is 19.1 Å². The average Bonchev–Trinajstić information content (AvgIpc) is 3.32. The number of hydrogen-bond acceptors (Lipinski definition) is 6. The lowest BCUT2D eigenvalue weighted by Gasteiger charge is -2.26. The Morgan fingerprint density at radius 1 is 1.32 bits per heavy atom. The summed E-state index contributed by atoms with van der Waals surface area (Å²) in [7, 11) is 1.77. The van der Waals surface area contributed by atoms with Crippen molar-refractivity contribution in [2.45, 2.75) is 18.4 Å². The van der Waals surface area contributed by atoms with Gasteiger partial charge in [-0.1, -0.05) is 6.07 Å². The fraction of sp³-hybridized carbons (Fsp3) is 0.471. The van der Waals surface area contributed by atoms with Crippen LogP contribution in [0.4, 0.5) is 0 Å². The van der Waals surface area contributed by atoms with E-state index < -0.39 is 0 Å². The smallest absolute Gasteiger partial charge is 0.257 e. The molecule has 25 heavy (non-hydrogen) atoms. The van der Waals surface area contributed by atoms with Gasteiger partial charge in [0.15, 0.2) is 11.5 Å². The molecule has 0 bridgehead atoms. The van der Waals surface area contributed by atoms with Gasteiger partial charge in [0.2, 0.25) is 0 Å². The van der Waals surface area contributed by atoms with Crippen LogP contribution in [0.3, 0.4) is 0 Å². The van der Waals surface area contributed by atoms with Crippen molar-refractivity contribution in [1.82, 2.24) is 20.1 Å². The van der Waals surface area contributed by atoms with Crippen molar-refractivity contribution in [3.05, 3.63) is 35.9 Å². The van der Waals surface area contributed by atoms with E-state index in [0.717, 1.165) is 12.2 Å². The maximum Gasteiger partial charge on any atom is 0.257 e. The van der Waals surface area contributed by atoms with Crippen LogP contribution in [0.2, 0.25) is 0 Å². The van der Waals surface area contributed by atoms with E-state index in [1.165, 1.54) is 6.33 Å². The standard InChI is InChI=1S/C17H20N4O4/c1-21(9-14-11(5-6-23-14)16-18-10-19-20-16)17(22)12-3-2-4-13-15(12)25-8-7-24-13/h2-4,10-11,14H,5-9H2,1H3,(H,18,19,20)/t11-,14-/m1/s1. The van der Waals surface area contributed by atoms with Crippen molar-refractivity contribution in [2.24, 2.45) is 0 Å². The summed E-state index contributed by atoms with van der Waals surface area (Å²) in [4.78, 5) is 18.8. The first-order valence-electron chi connectivity index (χ1n) is 8.35. The summed E-state index contributed by atoms with van der Waals surface area (Å²) in [6.07, 6.45) is 2.24. The fourth-order valence-corrected chi connectivity index (χ4v) is 3.34. The molecule has 2 aromatic rings. The number of para-hydroxylation sites is 1. The van der Waals surface area contributed by atoms with Gasteiger partial charge in [-0.25, -0.2) is 4.98 Å². The van der Waals surface area contributed by atoms with Crippen molar-refractivity contribution in [3.63, 3.8) is 0 Å². The number of ether oxygens (including phenoxy) is 3. The molecule has 0 radical (unpaired) electrons. The van der Waals surface area contributed by atoms with Crippen molar-refractivity contribution in [1.29, 1.82) is 0 Å². The van der Waals surface area contributed by atoms with E-state index in [-0.39, 0.29) is 17.9 Å². The van der Waals surface area contributed by atoms with E-state index in [4.69, 9.17) is 14.2 Å². The highest BCUT2D eigenvalue weighted by Gasteiger charge is 2.34. The lowest BCUT2D eigenvalue weighted by Crippen LogP contribution is -2.37. The van der Waals surface area contributed by atoms with Crippen molar-refractivity contribution in [3.8, 4) is 11.5 Å². The zero-order chi connectivity index (χ0) is 17.2. The lowest BCUT2D eigenvalue weighted by molar-refractivity contribution is 0.0544. The molecule has 8 heteroatoms. The van der Waals surface area contributed by atoms with E-state index in [2.05, 4.69) is 15.2 Å². The largest absolute Gasteiger partial charge is 0.486 e. The number of carbonyl (C=O) groups excluding carboxylic acids is 1. The molecule has 4 rings (SSSR count). The number of aromatic nitrogens is 3. The number of aromatic amines is 1. The summed E-state index contributed by atoms with van der Waals surface area (Å²) in [5.74, 6) is 1.93. The van der Waals surface area contributed by atoms with Crippen LogP contribution in [-0.2, 0) is 4.74 Å². The highest BCUT2D eigenvalue weighted by Crippen LogP contribution is 2.35. The predicted octanol–water partition coefficient (Wildman–Crippen LogP) is 1.22. The van der Waals surface area contributed by atoms with Crippen molar-refractivity contribution in [2.75, 3.05) is 33.4 Å². The minimum absolute atomic E-state index is 0.112. The van der Waals surface area contributed by atoms with Gasteiger partial charge in [-0.2, -0.15) is 5.10 Å². The summed E-state index contributed by atoms with van der Waals surface area (Å²) >= 11 is 0. The topological polar surface area (TPSA) is 89.6 Å². The van der Waals surface area contributed by atoms with Crippen molar-refractivity contribution >= 4 is 5.91 Å². The number of benzene rings is 1. The first-order chi connectivity index (χ1) is 12.2. The first-order valence-corrected chi connectivity index (χ1v) is 8.35. The second-order valence-corrected chi connectivity index (χ2v) is 6.19. The zero-order valence-electron chi connectivity index (χ0n) is 14.0. The maximum absolute atomic E-state index is 12.9. The first kappa shape index (κ1) is 15.9. The monoisotopic (exact) mass is 344 g/mol. The Labute approximate surface area is 145 Å². The zero-order valence-corrected chi connectivity index (χ0v) is 14.0. The molecule has 1 saturated heterocycles. The summed E-state index contributed by atoms with van der Waals surface area (Å²) in [5, 5.41) is 6.81. The summed E-state index contributed by atoms with van der Waals surface area (Å²) in [6, 6.07) is 5.37. The molecule has 2 atom stereocenters. The van der Waals surface area contributed by atoms with Crippen LogP contribution in [0.25, 0.3) is 0 Å². The minimum Gasteiger partial charge on any atom is -0.486 e. The lowest BCUT2D eigenvalue weighted by atomic mass is 10.00. The molecule has 1 N–H and O–H groups in total. The maximum atomic E-state index is 12.9. The normalized spacial score (nSPS) is 22.0. The summed E-state index contributed by atoms with van der Waals surface area (Å²) < 4.78 is 17.0. The third kappa shape index (κ3) is 3.05. The highest BCUT2D eigenvalue weighted by molar-refractivity contribution is 5.97. The SMILES string of the molecule is CN(C[C@H]1OCC[C@H]1c1ncn[nH]1)C(=O)c1cccc2c1OCCO2. The number of rotatable bonds is 4. The van der Waals surface area contributed by atoms with E-state index in [9.17, 15) is 4.79 Å². The highest BCUT2D eigenvalue weighted by atomic mass is 16.6. The van der Waals surface area contributed by atoms with Crippen LogP contribution in [0.15, 0.2) is 24.5 Å². The van der Waals surface area contributed by atoms with Gasteiger partial charge in [0.25, 0.3) is 5.91 Å². The Morgan fingerprint density at radius 3 is 3.04 bits per heavy atom. The third-order valence-corrected chi connectivity index (χ3v) is 4.59. The molecule has 3 heterocycles. The van der Waals surface area contributed by atoms with E-state index in [1.54, 1.807) is 24.1 Å². The quantitative estimate of drug-likeness (QED) is 0.897. The number of amides is 1. The molecule has 132 valence electrons. The van der Waals surface area contributed by atoms with Crippen LogP contribution >= 0.6 is 0 Å². The molecule has 0 aliphatic carbocycles. The molecule has 0 unspecified atom stereocenters. The van der Waals surface area contributed by atoms with Crippen molar-refractivity contribution < 1.29 is 19.0 Å². The van der Waals surface area contributed by atoms with E-state index >= 15 is 0 Å². The second-order valence-electron chi connectivity index (χ2n) is 6.19. The Bertz CT molecular complexity index is 749. The Kier molecular flexibility index (Phi) is 4.27. The Morgan fingerprint density at radius 2 is 2.20 bits per heavy atom. The van der Waals surface area contributed by atoms with Crippen LogP contribution in [0.5, 0.6) is 11.5 Å². The molecule has 0 saturated carbocycles. The molecule has 1 amide bonds. The minimum atomic E-state index is -0.117. The van der Waals surface area contributed by atoms with E-state index in [0.29, 0.717) is 43.4 Å². The molecular formula is C17H20N4O4. The molecule has 8 nitrogen and oxygen atoms in total. The number of nitrogens with one attached hydrogen (secondary N) is 1. The summed E-state index contributed by atoms with van der Waals surface area (Å²) in [6.45, 7) is 2.06. The van der Waals surface area contributed by atoms with E-state index in [1.807, 2.05) is 6.07 Å². The van der Waals surface area contributed by atoms with Gasteiger partial charge in [0, 0.05) is 26.1 Å². The number of H-pyrrole nitrogens is 1. The average molecular weight is 344 g/mol. The second kappa shape index (κ2) is 6.72. The van der Waals surface area contributed by atoms with Gasteiger partial charge >= 0.3 is 0 Å². The van der Waals surface area contributed by atoms with Crippen LogP contribution in [-0.4, -0.2) is 65.5 Å². The van der Waals surface area contributed by atoms with Gasteiger partial charge in [-0.15, -0.1) is 0 Å². The van der Waals surface area contributed by atoms with Crippen LogP contribution in [0.1, 0.15) is 28.5 Å². The molecular weight excluding hydrogens is 324 g/mol. The van der Waals surface area contributed by atoms with Crippen LogP contribution in [0, 0.1) is 0 Å². The Balaban J connectivity index is 1.50.